The van der Waals surface area contributed by atoms with Crippen LogP contribution in [-0.4, -0.2) is 120 Å². The number of aromatic nitrogens is 2. The van der Waals surface area contributed by atoms with E-state index in [0.717, 1.165) is 114 Å². The second-order valence-electron chi connectivity index (χ2n) is 17.8. The molecule has 16 heteroatoms. The fourth-order valence-corrected chi connectivity index (χ4v) is 12.0. The van der Waals surface area contributed by atoms with Gasteiger partial charge in [-0.15, -0.1) is 0 Å². The third-order valence-electron chi connectivity index (χ3n) is 14.6. The molecule has 4 amide bonds. The number of benzene rings is 2. The SMILES string of the molecule is O=C1CCN(c2cnc3cc(N4CCN(CCN5CCC(NC[C@@H]6NC7(CCCCC7)[C@@]7(C(=O)Nc8cc(Cl)ccc87)[C@H]6c6cccc(Cl)c6F)CC5)CC4)ccn23)C(=O)N1. The molecule has 1 aliphatic carbocycles. The summed E-state index contributed by atoms with van der Waals surface area (Å²) in [7, 11) is 0. The van der Waals surface area contributed by atoms with Gasteiger partial charge in [-0.1, -0.05) is 60.7 Å². The zero-order valence-electron chi connectivity index (χ0n) is 34.3. The molecule has 0 radical (unpaired) electrons. The number of piperazine rings is 1. The zero-order valence-corrected chi connectivity index (χ0v) is 35.8. The number of amides is 4. The van der Waals surface area contributed by atoms with Gasteiger partial charge in [-0.05, 0) is 74.2 Å². The molecule has 0 unspecified atom stereocenters. The van der Waals surface area contributed by atoms with E-state index in [1.54, 1.807) is 23.2 Å². The van der Waals surface area contributed by atoms with E-state index in [2.05, 4.69) is 53.1 Å². The van der Waals surface area contributed by atoms with Gasteiger partial charge >= 0.3 is 6.03 Å². The Kier molecular flexibility index (Phi) is 11.0. The summed E-state index contributed by atoms with van der Waals surface area (Å²) < 4.78 is 18.2. The first kappa shape index (κ1) is 40.7. The van der Waals surface area contributed by atoms with E-state index >= 15 is 4.39 Å². The Morgan fingerprint density at radius 1 is 0.869 bits per heavy atom. The molecule has 0 bridgehead atoms. The second kappa shape index (κ2) is 16.4. The number of pyridine rings is 1. The molecule has 4 aromatic rings. The van der Waals surface area contributed by atoms with Crippen LogP contribution < -0.4 is 31.1 Å². The first-order valence-electron chi connectivity index (χ1n) is 22.0. The van der Waals surface area contributed by atoms with Gasteiger partial charge in [-0.25, -0.2) is 14.2 Å². The molecule has 6 aliphatic rings. The van der Waals surface area contributed by atoms with Crippen molar-refractivity contribution < 1.29 is 18.8 Å². The number of carbonyl (C=O) groups excluding carboxylic acids is 3. The van der Waals surface area contributed by atoms with Gasteiger partial charge in [0.05, 0.1) is 11.2 Å². The average molecular weight is 872 g/mol. The summed E-state index contributed by atoms with van der Waals surface area (Å²) in [6, 6.07) is 14.7. The summed E-state index contributed by atoms with van der Waals surface area (Å²) in [5.74, 6) is -0.621. The number of imide groups is 1. The molecule has 5 fully saturated rings. The maximum absolute atomic E-state index is 16.3. The minimum absolute atomic E-state index is 0.0717. The fourth-order valence-electron chi connectivity index (χ4n) is 11.6. The lowest BCUT2D eigenvalue weighted by Crippen LogP contribution is -2.60. The Morgan fingerprint density at radius 2 is 1.64 bits per heavy atom. The van der Waals surface area contributed by atoms with Crippen LogP contribution in [0.3, 0.4) is 0 Å². The highest BCUT2D eigenvalue weighted by Crippen LogP contribution is 2.62. The summed E-state index contributed by atoms with van der Waals surface area (Å²) in [6.07, 6.45) is 10.7. The summed E-state index contributed by atoms with van der Waals surface area (Å²) >= 11 is 12.9. The number of carbonyl (C=O) groups is 3. The molecule has 5 aliphatic heterocycles. The van der Waals surface area contributed by atoms with Gasteiger partial charge < -0.3 is 25.8 Å². The summed E-state index contributed by atoms with van der Waals surface area (Å²) in [6.45, 7) is 8.80. The minimum Gasteiger partial charge on any atom is -0.369 e. The molecular formula is C45H53Cl2FN10O3. The summed E-state index contributed by atoms with van der Waals surface area (Å²) in [5.41, 5.74) is 2.42. The molecule has 2 spiro atoms. The van der Waals surface area contributed by atoms with Crippen molar-refractivity contribution in [1.82, 2.24) is 35.1 Å². The lowest BCUT2D eigenvalue weighted by Gasteiger charge is -2.47. The van der Waals surface area contributed by atoms with Crippen LogP contribution in [-0.2, 0) is 15.0 Å². The van der Waals surface area contributed by atoms with E-state index in [1.165, 1.54) is 0 Å². The van der Waals surface area contributed by atoms with Crippen LogP contribution in [0.2, 0.25) is 10.0 Å². The Balaban J connectivity index is 0.754. The number of rotatable bonds is 9. The maximum atomic E-state index is 16.3. The van der Waals surface area contributed by atoms with Crippen molar-refractivity contribution in [3.63, 3.8) is 0 Å². The molecule has 3 atom stereocenters. The summed E-state index contributed by atoms with van der Waals surface area (Å²) in [4.78, 5) is 52.4. The predicted octanol–water partition coefficient (Wildman–Crippen LogP) is 5.75. The highest BCUT2D eigenvalue weighted by atomic mass is 35.5. The number of fused-ring (bicyclic) bond motifs is 4. The fraction of sp³-hybridized carbons (Fsp3) is 0.511. The highest BCUT2D eigenvalue weighted by molar-refractivity contribution is 6.31. The molecular weight excluding hydrogens is 818 g/mol. The van der Waals surface area contributed by atoms with Crippen LogP contribution in [0, 0.1) is 5.82 Å². The van der Waals surface area contributed by atoms with Crippen LogP contribution >= 0.6 is 23.2 Å². The van der Waals surface area contributed by atoms with Crippen molar-refractivity contribution >= 4 is 63.9 Å². The molecule has 61 heavy (non-hydrogen) atoms. The van der Waals surface area contributed by atoms with Crippen molar-refractivity contribution in [3.8, 4) is 0 Å². The number of hydrogen-bond donors (Lipinski definition) is 4. The quantitative estimate of drug-likeness (QED) is 0.166. The van der Waals surface area contributed by atoms with E-state index < -0.39 is 28.7 Å². The van der Waals surface area contributed by atoms with Crippen molar-refractivity contribution in [2.75, 3.05) is 80.6 Å². The van der Waals surface area contributed by atoms with E-state index in [-0.39, 0.29) is 29.3 Å². The molecule has 4 saturated heterocycles. The van der Waals surface area contributed by atoms with Crippen LogP contribution in [0.5, 0.6) is 0 Å². The largest absolute Gasteiger partial charge is 0.369 e. The van der Waals surface area contributed by atoms with E-state index in [0.29, 0.717) is 41.2 Å². The highest BCUT2D eigenvalue weighted by Gasteiger charge is 2.71. The zero-order chi connectivity index (χ0) is 41.9. The normalized spacial score (nSPS) is 26.1. The van der Waals surface area contributed by atoms with E-state index in [4.69, 9.17) is 23.2 Å². The van der Waals surface area contributed by atoms with Crippen LogP contribution in [0.25, 0.3) is 5.65 Å². The Bertz CT molecular complexity index is 2340. The van der Waals surface area contributed by atoms with Crippen molar-refractivity contribution in [2.24, 2.45) is 0 Å². The standard InChI is InChI=1S/C45H53Cl2FN10O3/c46-29-7-8-33-35(25-29)51-42(60)45(33)40(32-5-4-6-34(47)41(32)48)36(53-44(45)13-2-1-3-14-44)27-49-30-9-15-54(16-10-30)19-20-55-21-23-56(24-22-55)31-11-17-57-37(26-31)50-28-39(57)58-18-12-38(59)52-43(58)61/h4-8,11,17,25-26,28,30,36,40,49,53H,1-3,9-10,12-16,18-24,27H2,(H,51,60)(H,52,59,61)/t36-,40-,45+/m0/s1. The predicted molar refractivity (Wildman–Crippen MR) is 235 cm³/mol. The Hall–Kier alpha value is -4.31. The smallest absolute Gasteiger partial charge is 0.329 e. The number of anilines is 3. The summed E-state index contributed by atoms with van der Waals surface area (Å²) in [5, 5.41) is 14.2. The Labute approximate surface area is 365 Å². The van der Waals surface area contributed by atoms with Gasteiger partial charge in [0.25, 0.3) is 0 Å². The molecule has 322 valence electrons. The van der Waals surface area contributed by atoms with Gasteiger partial charge in [-0.3, -0.25) is 29.1 Å². The first-order valence-corrected chi connectivity index (χ1v) is 22.7. The number of piperidine rings is 1. The van der Waals surface area contributed by atoms with Crippen molar-refractivity contribution in [1.29, 1.82) is 0 Å². The molecule has 2 aromatic carbocycles. The molecule has 7 heterocycles. The van der Waals surface area contributed by atoms with Gasteiger partial charge in [0, 0.05) is 111 Å². The molecule has 13 nitrogen and oxygen atoms in total. The Morgan fingerprint density at radius 3 is 2.41 bits per heavy atom. The third-order valence-corrected chi connectivity index (χ3v) is 15.1. The van der Waals surface area contributed by atoms with Crippen LogP contribution in [0.1, 0.15) is 68.4 Å². The monoisotopic (exact) mass is 870 g/mol. The van der Waals surface area contributed by atoms with Gasteiger partial charge in [0.15, 0.2) is 0 Å². The molecule has 2 aromatic heterocycles. The number of halogens is 3. The van der Waals surface area contributed by atoms with E-state index in [9.17, 15) is 14.4 Å². The molecule has 10 rings (SSSR count). The van der Waals surface area contributed by atoms with Crippen molar-refractivity contribution in [3.05, 3.63) is 87.9 Å². The number of nitrogens with zero attached hydrogens (tertiary/aromatic N) is 6. The number of urea groups is 1. The van der Waals surface area contributed by atoms with Crippen molar-refractivity contribution in [2.45, 2.75) is 80.3 Å². The maximum Gasteiger partial charge on any atom is 0.329 e. The number of hydrogen-bond acceptors (Lipinski definition) is 9. The molecule has 4 N–H and O–H groups in total. The number of likely N-dealkylation sites (tertiary alicyclic amines) is 1. The molecule has 1 saturated carbocycles. The van der Waals surface area contributed by atoms with Crippen LogP contribution in [0.4, 0.5) is 26.4 Å². The lowest BCUT2D eigenvalue weighted by atomic mass is 9.55. The van der Waals surface area contributed by atoms with Gasteiger partial charge in [0.2, 0.25) is 11.8 Å². The number of nitrogens with one attached hydrogen (secondary N) is 4. The van der Waals surface area contributed by atoms with Crippen LogP contribution in [0.15, 0.2) is 60.9 Å². The number of imidazole rings is 1. The average Bonchev–Trinajstić information content (AvgIpc) is 3.90. The third kappa shape index (κ3) is 7.16. The van der Waals surface area contributed by atoms with Gasteiger partial charge in [-0.2, -0.15) is 0 Å². The minimum atomic E-state index is -1.02. The first-order chi connectivity index (χ1) is 29.6. The van der Waals surface area contributed by atoms with Gasteiger partial charge in [0.1, 0.15) is 22.7 Å². The topological polar surface area (TPSA) is 130 Å². The van der Waals surface area contributed by atoms with E-state index in [1.807, 2.05) is 34.9 Å². The lowest BCUT2D eigenvalue weighted by molar-refractivity contribution is -0.124. The second-order valence-corrected chi connectivity index (χ2v) is 18.6.